The van der Waals surface area contributed by atoms with Crippen molar-refractivity contribution in [3.63, 3.8) is 0 Å². The van der Waals surface area contributed by atoms with Gasteiger partial charge in [-0.3, -0.25) is 14.7 Å². The maximum atomic E-state index is 12.7. The van der Waals surface area contributed by atoms with Gasteiger partial charge in [0.15, 0.2) is 9.84 Å². The van der Waals surface area contributed by atoms with Crippen molar-refractivity contribution in [1.29, 1.82) is 0 Å². The third kappa shape index (κ3) is 2.82. The molecule has 4 rings (SSSR count). The van der Waals surface area contributed by atoms with Gasteiger partial charge in [-0.15, -0.1) is 0 Å². The predicted octanol–water partition coefficient (Wildman–Crippen LogP) is -0.617. The molecule has 3 aliphatic rings. The molecule has 2 saturated heterocycles. The van der Waals surface area contributed by atoms with Crippen molar-refractivity contribution in [3.05, 3.63) is 30.1 Å². The van der Waals surface area contributed by atoms with Gasteiger partial charge >= 0.3 is 0 Å². The lowest BCUT2D eigenvalue weighted by Gasteiger charge is -2.44. The largest absolute Gasteiger partial charge is 0.334 e. The number of hydrogen-bond donors (Lipinski definition) is 1. The zero-order valence-electron chi connectivity index (χ0n) is 13.5. The molecule has 1 aromatic heterocycles. The van der Waals surface area contributed by atoms with Crippen LogP contribution in [0.4, 0.5) is 0 Å². The molecule has 0 aromatic carbocycles. The normalized spacial score (nSPS) is 30.8. The van der Waals surface area contributed by atoms with Crippen LogP contribution in [0.25, 0.3) is 0 Å². The monoisotopic (exact) mass is 350 g/mol. The minimum atomic E-state index is -3.13. The van der Waals surface area contributed by atoms with E-state index >= 15 is 0 Å². The predicted molar refractivity (Wildman–Crippen MR) is 88.7 cm³/mol. The van der Waals surface area contributed by atoms with Crippen LogP contribution in [0, 0.1) is 0 Å². The van der Waals surface area contributed by atoms with Gasteiger partial charge in [-0.1, -0.05) is 0 Å². The van der Waals surface area contributed by atoms with Gasteiger partial charge in [0.2, 0.25) is 5.91 Å². The van der Waals surface area contributed by atoms with Crippen LogP contribution in [0.15, 0.2) is 24.5 Å². The van der Waals surface area contributed by atoms with Gasteiger partial charge in [0.25, 0.3) is 0 Å². The van der Waals surface area contributed by atoms with E-state index in [1.165, 1.54) is 0 Å². The number of rotatable bonds is 3. The van der Waals surface area contributed by atoms with Crippen molar-refractivity contribution < 1.29 is 13.2 Å². The quantitative estimate of drug-likeness (QED) is 0.781. The fourth-order valence-electron chi connectivity index (χ4n) is 3.83. The topological polar surface area (TPSA) is 96.6 Å². The van der Waals surface area contributed by atoms with Crippen molar-refractivity contribution in [2.75, 3.05) is 24.6 Å². The Balaban J connectivity index is 1.57. The first-order valence-corrected chi connectivity index (χ1v) is 10.1. The maximum Gasteiger partial charge on any atom is 0.243 e. The molecule has 0 radical (unpaired) electrons. The molecule has 2 aliphatic heterocycles. The number of carbonyl (C=O) groups excluding carboxylic acids is 1. The van der Waals surface area contributed by atoms with E-state index in [9.17, 15) is 13.2 Å². The number of nitrogens with two attached hydrogens (primary N) is 1. The summed E-state index contributed by atoms with van der Waals surface area (Å²) in [6, 6.07) is 3.45. The molecule has 3 fully saturated rings. The van der Waals surface area contributed by atoms with Crippen molar-refractivity contribution in [3.8, 4) is 0 Å². The Bertz CT molecular complexity index is 748. The van der Waals surface area contributed by atoms with Crippen LogP contribution in [0.3, 0.4) is 0 Å². The average molecular weight is 350 g/mol. The SMILES string of the molecule is NC1(C(=O)N2CCN(Cc3ccncc3)[C@@H]3CS(=O)(=O)C[C@@H]32)CC1. The molecule has 1 aromatic rings. The Labute approximate surface area is 141 Å². The van der Waals surface area contributed by atoms with Crippen LogP contribution in [0.1, 0.15) is 18.4 Å². The van der Waals surface area contributed by atoms with Gasteiger partial charge in [-0.05, 0) is 30.5 Å². The number of pyridine rings is 1. The second-order valence-corrected chi connectivity index (χ2v) is 9.35. The number of piperazine rings is 1. The highest BCUT2D eigenvalue weighted by Crippen LogP contribution is 2.37. The Morgan fingerprint density at radius 2 is 1.88 bits per heavy atom. The molecule has 7 nitrogen and oxygen atoms in total. The average Bonchev–Trinajstić information content (AvgIpc) is 3.20. The van der Waals surface area contributed by atoms with Crippen LogP contribution in [-0.4, -0.2) is 71.3 Å². The highest BCUT2D eigenvalue weighted by atomic mass is 32.2. The summed E-state index contributed by atoms with van der Waals surface area (Å²) in [5.74, 6) is 0.0920. The molecule has 1 aliphatic carbocycles. The molecule has 0 unspecified atom stereocenters. The van der Waals surface area contributed by atoms with E-state index in [1.54, 1.807) is 17.3 Å². The number of nitrogens with zero attached hydrogens (tertiary/aromatic N) is 3. The molecular weight excluding hydrogens is 328 g/mol. The molecule has 24 heavy (non-hydrogen) atoms. The molecule has 1 amide bonds. The Hall–Kier alpha value is -1.51. The fraction of sp³-hybridized carbons (Fsp3) is 0.625. The van der Waals surface area contributed by atoms with Crippen molar-refractivity contribution in [2.24, 2.45) is 5.73 Å². The van der Waals surface area contributed by atoms with Crippen molar-refractivity contribution in [1.82, 2.24) is 14.8 Å². The number of amides is 1. The van der Waals surface area contributed by atoms with Gasteiger partial charge in [-0.2, -0.15) is 0 Å². The lowest BCUT2D eigenvalue weighted by Crippen LogP contribution is -2.63. The summed E-state index contributed by atoms with van der Waals surface area (Å²) >= 11 is 0. The lowest BCUT2D eigenvalue weighted by atomic mass is 10.0. The van der Waals surface area contributed by atoms with Crippen LogP contribution in [0.5, 0.6) is 0 Å². The molecule has 0 spiro atoms. The summed E-state index contributed by atoms with van der Waals surface area (Å²) in [6.45, 7) is 1.88. The summed E-state index contributed by atoms with van der Waals surface area (Å²) in [4.78, 5) is 20.6. The fourth-order valence-corrected chi connectivity index (χ4v) is 5.84. The first-order chi connectivity index (χ1) is 11.4. The smallest absolute Gasteiger partial charge is 0.243 e. The van der Waals surface area contributed by atoms with Crippen LogP contribution >= 0.6 is 0 Å². The lowest BCUT2D eigenvalue weighted by molar-refractivity contribution is -0.139. The minimum absolute atomic E-state index is 0.0479. The van der Waals surface area contributed by atoms with Crippen molar-refractivity contribution in [2.45, 2.75) is 37.0 Å². The molecule has 8 heteroatoms. The van der Waals surface area contributed by atoms with E-state index in [-0.39, 0.29) is 29.5 Å². The van der Waals surface area contributed by atoms with E-state index in [0.717, 1.165) is 5.56 Å². The van der Waals surface area contributed by atoms with E-state index in [4.69, 9.17) is 5.73 Å². The number of fused-ring (bicyclic) bond motifs is 1. The van der Waals surface area contributed by atoms with Crippen LogP contribution in [0.2, 0.25) is 0 Å². The Morgan fingerprint density at radius 1 is 1.21 bits per heavy atom. The summed E-state index contributed by atoms with van der Waals surface area (Å²) in [5, 5.41) is 0. The van der Waals surface area contributed by atoms with Gasteiger partial charge in [0, 0.05) is 38.1 Å². The van der Waals surface area contributed by atoms with E-state index in [2.05, 4.69) is 9.88 Å². The molecule has 0 bridgehead atoms. The molecule has 2 N–H and O–H groups in total. The first kappa shape index (κ1) is 16.0. The summed E-state index contributed by atoms with van der Waals surface area (Å²) in [5.41, 5.74) is 6.42. The van der Waals surface area contributed by atoms with Gasteiger partial charge < -0.3 is 10.6 Å². The van der Waals surface area contributed by atoms with Gasteiger partial charge in [0.05, 0.1) is 23.1 Å². The van der Waals surface area contributed by atoms with E-state index in [0.29, 0.717) is 32.5 Å². The third-order valence-electron chi connectivity index (χ3n) is 5.40. The molecule has 2 atom stereocenters. The van der Waals surface area contributed by atoms with Gasteiger partial charge in [0.1, 0.15) is 0 Å². The summed E-state index contributed by atoms with van der Waals surface area (Å²) < 4.78 is 24.4. The maximum absolute atomic E-state index is 12.7. The number of carbonyl (C=O) groups is 1. The van der Waals surface area contributed by atoms with Crippen LogP contribution in [-0.2, 0) is 21.2 Å². The van der Waals surface area contributed by atoms with Crippen LogP contribution < -0.4 is 5.73 Å². The minimum Gasteiger partial charge on any atom is -0.334 e. The number of hydrogen-bond acceptors (Lipinski definition) is 6. The molecule has 1 saturated carbocycles. The standard InChI is InChI=1S/C16H22N4O3S/c17-16(3-4-16)15(21)20-8-7-19(9-12-1-5-18-6-2-12)13-10-24(22,23)11-14(13)20/h1-2,5-6,13-14H,3-4,7-11,17H2/t13-,14+/m1/s1. The van der Waals surface area contributed by atoms with Crippen molar-refractivity contribution >= 4 is 15.7 Å². The second-order valence-electron chi connectivity index (χ2n) is 7.19. The number of sulfone groups is 1. The third-order valence-corrected chi connectivity index (χ3v) is 7.10. The molecular formula is C16H22N4O3S. The van der Waals surface area contributed by atoms with E-state index in [1.807, 2.05) is 12.1 Å². The Morgan fingerprint density at radius 3 is 2.54 bits per heavy atom. The number of aromatic nitrogens is 1. The summed E-state index contributed by atoms with van der Waals surface area (Å²) in [6.07, 6.45) is 4.88. The van der Waals surface area contributed by atoms with E-state index < -0.39 is 15.4 Å². The summed E-state index contributed by atoms with van der Waals surface area (Å²) in [7, 11) is -3.13. The Kier molecular flexibility index (Phi) is 3.67. The highest BCUT2D eigenvalue weighted by molar-refractivity contribution is 7.91. The molecule has 130 valence electrons. The first-order valence-electron chi connectivity index (χ1n) is 8.31. The molecule has 3 heterocycles. The zero-order chi connectivity index (χ0) is 16.9. The van der Waals surface area contributed by atoms with Gasteiger partial charge in [-0.25, -0.2) is 8.42 Å². The second kappa shape index (κ2) is 5.50. The highest BCUT2D eigenvalue weighted by Gasteiger charge is 2.54. The zero-order valence-corrected chi connectivity index (χ0v) is 14.3.